The van der Waals surface area contributed by atoms with Gasteiger partial charge in [0.25, 0.3) is 41.3 Å². The molecule has 32 heteroatoms. The smallest absolute Gasteiger partial charge is 0.282 e. The summed E-state index contributed by atoms with van der Waals surface area (Å²) in [6, 6.07) is -1.03. The first-order chi connectivity index (χ1) is 23.8. The third-order valence-electron chi connectivity index (χ3n) is 7.74. The van der Waals surface area contributed by atoms with Crippen LogP contribution in [0.15, 0.2) is 17.6 Å². The number of quaternary nitrogens is 2. The number of phosphoric ester groups is 2. The lowest BCUT2D eigenvalue weighted by Crippen LogP contribution is -2.54. The van der Waals surface area contributed by atoms with Gasteiger partial charge >= 0.3 is 0 Å². The van der Waals surface area contributed by atoms with Gasteiger partial charge in [-0.25, -0.2) is 28.1 Å². The van der Waals surface area contributed by atoms with Gasteiger partial charge in [0.1, 0.15) is 48.5 Å². The van der Waals surface area contributed by atoms with Crippen LogP contribution in [0.5, 0.6) is 0 Å². The summed E-state index contributed by atoms with van der Waals surface area (Å²) in [6.45, 7) is -2.32. The molecular formula is C21H35N12O17P3. The van der Waals surface area contributed by atoms with Crippen LogP contribution in [-0.2, 0) is 45.6 Å². The molecule has 0 spiro atoms. The predicted molar refractivity (Wildman–Crippen MR) is 166 cm³/mol. The summed E-state index contributed by atoms with van der Waals surface area (Å²) in [5, 5.41) is 51.7. The van der Waals surface area contributed by atoms with Crippen LogP contribution >= 0.6 is 23.5 Å². The molecule has 1 amide bonds. The van der Waals surface area contributed by atoms with E-state index in [9.17, 15) is 53.6 Å². The van der Waals surface area contributed by atoms with Crippen LogP contribution in [0.2, 0.25) is 0 Å². The maximum absolute atomic E-state index is 12.3. The molecule has 6 rings (SSSR count). The second kappa shape index (κ2) is 15.5. The van der Waals surface area contributed by atoms with Crippen LogP contribution in [-0.4, -0.2) is 143 Å². The van der Waals surface area contributed by atoms with E-state index in [1.54, 1.807) is 0 Å². The molecule has 4 aliphatic heterocycles. The predicted octanol–water partition coefficient (Wildman–Crippen LogP) is -5.48. The highest BCUT2D eigenvalue weighted by Crippen LogP contribution is 2.63. The van der Waals surface area contributed by atoms with Gasteiger partial charge in [-0.3, -0.25) is 33.8 Å². The number of aliphatic hydroxyl groups is 4. The number of carbonyl (C=O) groups excluding carboxylic acids is 1. The third-order valence-corrected chi connectivity index (χ3v) is 11.9. The van der Waals surface area contributed by atoms with Crippen molar-refractivity contribution in [2.24, 2.45) is 4.99 Å². The van der Waals surface area contributed by atoms with Crippen molar-refractivity contribution in [2.45, 2.75) is 55.1 Å². The monoisotopic (exact) mass is 820 g/mol. The number of imidazole rings is 1. The first-order valence-corrected chi connectivity index (χ1v) is 18.6. The number of aromatic nitrogens is 4. The van der Waals surface area contributed by atoms with Crippen LogP contribution in [0.3, 0.4) is 0 Å². The number of amidine groups is 1. The standard InChI is InChI=1S/C21H29N10O17P3.2H3N/c1-29-6-31(17-10(29)18(36)28-21(23)27-17)20-14(35)12(33)8(46-20)3-44-50(39,40)48-51(41,42)47-49(37,38)43-2-7-11(32)13(34)19(45-7)30-5-26-9-15(22)24-4-25-16(9)30;;/h4-8,10-14,19-20,32-35H,2-3H2,1H3,(H6-,22,23,24,25,28,36,37,38,39,40,41,42);2*1H3/t7-,8-,10?,11-,12-,13-,14-,19-,20-;;/m1../s1. The van der Waals surface area contributed by atoms with Gasteiger partial charge in [0.2, 0.25) is 18.5 Å². The van der Waals surface area contributed by atoms with Crippen molar-refractivity contribution in [1.82, 2.24) is 42.0 Å². The molecule has 0 aliphatic carbocycles. The minimum Gasteiger partial charge on any atom is -0.756 e. The summed E-state index contributed by atoms with van der Waals surface area (Å²) in [5.41, 5.74) is 5.93. The Morgan fingerprint density at radius 1 is 0.925 bits per heavy atom. The van der Waals surface area contributed by atoms with Crippen LogP contribution in [0, 0.1) is 5.41 Å². The molecule has 53 heavy (non-hydrogen) atoms. The van der Waals surface area contributed by atoms with E-state index in [2.05, 4.69) is 42.9 Å². The fraction of sp³-hybridized carbons (Fsp3) is 0.571. The molecule has 0 radical (unpaired) electrons. The number of fused-ring (bicyclic) bond motifs is 2. The molecule has 2 saturated heterocycles. The summed E-state index contributed by atoms with van der Waals surface area (Å²) < 4.78 is 66.7. The Balaban J connectivity index is 0.00000314. The van der Waals surface area contributed by atoms with Crippen molar-refractivity contribution >= 4 is 64.5 Å². The molecule has 12 atom stereocenters. The van der Waals surface area contributed by atoms with E-state index in [1.807, 2.05) is 0 Å². The number of rotatable bonds is 12. The highest BCUT2D eigenvalue weighted by molar-refractivity contribution is 7.65. The van der Waals surface area contributed by atoms with Crippen LogP contribution < -0.4 is 38.0 Å². The number of aliphatic imine (C=N–C) groups is 1. The van der Waals surface area contributed by atoms with E-state index >= 15 is 0 Å². The first kappa shape index (κ1) is 42.5. The highest BCUT2D eigenvalue weighted by Gasteiger charge is 2.56. The fourth-order valence-electron chi connectivity index (χ4n) is 5.48. The number of guanidine groups is 1. The van der Waals surface area contributed by atoms with Gasteiger partial charge in [0.15, 0.2) is 17.7 Å². The van der Waals surface area contributed by atoms with Crippen molar-refractivity contribution in [3.63, 3.8) is 0 Å². The summed E-state index contributed by atoms with van der Waals surface area (Å²) in [4.78, 5) is 65.8. The van der Waals surface area contributed by atoms with Gasteiger partial charge in [-0.1, -0.05) is 0 Å². The van der Waals surface area contributed by atoms with Crippen LogP contribution in [0.1, 0.15) is 6.23 Å². The molecule has 296 valence electrons. The van der Waals surface area contributed by atoms with Gasteiger partial charge in [-0.15, -0.1) is 0 Å². The van der Waals surface area contributed by atoms with Crippen LogP contribution in [0.4, 0.5) is 5.82 Å². The lowest BCUT2D eigenvalue weighted by molar-refractivity contribution is -0.498. The Hall–Kier alpha value is -3.28. The second-order valence-corrected chi connectivity index (χ2v) is 15.7. The van der Waals surface area contributed by atoms with Crippen molar-refractivity contribution in [2.75, 3.05) is 26.0 Å². The number of hydrogen-bond donors (Lipinski definition) is 9. The summed E-state index contributed by atoms with van der Waals surface area (Å²) in [7, 11) is -16.9. The van der Waals surface area contributed by atoms with Crippen molar-refractivity contribution in [3.05, 3.63) is 12.7 Å². The quantitative estimate of drug-likeness (QED) is 0.0712. The topological polar surface area (TPSA) is 471 Å². The summed E-state index contributed by atoms with van der Waals surface area (Å²) in [5.74, 6) is -1.22. The third kappa shape index (κ3) is 8.52. The molecular weight excluding hydrogens is 785 g/mol. The van der Waals surface area contributed by atoms with Crippen molar-refractivity contribution in [1.29, 1.82) is 5.41 Å². The number of nitrogens with zero attached hydrogens (tertiary/aromatic N) is 7. The van der Waals surface area contributed by atoms with E-state index in [4.69, 9.17) is 20.6 Å². The number of carbonyl (C=O) groups is 1. The SMILES string of the molecule is C[N+]1=CN([C@@H]2O[C@H](COP(=O)([O-])OP(=O)([O-])OP(=O)([O-])OC[C@H]3O[C@@H](n4cnc5c(N)ncnc54)[C@H](O)[C@@H]3O)[C@@H](O)[C@H]2O)C2=NC(=N)NC(=O)C21.[NH4+].[NH4+]. The minimum absolute atomic E-state index is 0. The molecule has 2 aromatic heterocycles. The van der Waals surface area contributed by atoms with Gasteiger partial charge in [0, 0.05) is 0 Å². The molecule has 0 bridgehead atoms. The van der Waals surface area contributed by atoms with Crippen molar-refractivity contribution in [3.8, 4) is 0 Å². The van der Waals surface area contributed by atoms with E-state index in [0.717, 1.165) is 22.1 Å². The van der Waals surface area contributed by atoms with E-state index in [1.165, 1.54) is 18.0 Å². The molecule has 29 nitrogen and oxygen atoms in total. The minimum atomic E-state index is -6.35. The lowest BCUT2D eigenvalue weighted by atomic mass is 10.1. The number of nitrogens with one attached hydrogen (secondary N) is 2. The molecule has 4 aliphatic rings. The molecule has 6 heterocycles. The van der Waals surface area contributed by atoms with Crippen LogP contribution in [0.25, 0.3) is 11.2 Å². The Bertz CT molecular complexity index is 1950. The van der Waals surface area contributed by atoms with Gasteiger partial charge < -0.3 is 71.7 Å². The number of phosphoric acid groups is 3. The molecule has 0 saturated carbocycles. The number of likely N-dealkylation sites (N-methyl/N-ethyl adjacent to an activating group) is 1. The molecule has 4 unspecified atom stereocenters. The van der Waals surface area contributed by atoms with E-state index in [0.29, 0.717) is 0 Å². The number of aliphatic hydroxyl groups excluding tert-OH is 4. The lowest BCUT2D eigenvalue weighted by Gasteiger charge is -2.34. The summed E-state index contributed by atoms with van der Waals surface area (Å²) >= 11 is 0. The number of nitrogens with two attached hydrogens (primary N) is 1. The zero-order valence-electron chi connectivity index (χ0n) is 27.5. The van der Waals surface area contributed by atoms with Crippen molar-refractivity contribution < 1.29 is 85.3 Å². The van der Waals surface area contributed by atoms with Gasteiger partial charge in [-0.05, 0) is 0 Å². The number of nitrogen functional groups attached to an aromatic ring is 1. The molecule has 2 fully saturated rings. The number of hydrogen-bond acceptors (Lipinski definition) is 23. The number of ether oxygens (including phenoxy) is 2. The Morgan fingerprint density at radius 2 is 1.47 bits per heavy atom. The van der Waals surface area contributed by atoms with E-state index < -0.39 is 104 Å². The molecule has 2 aromatic rings. The van der Waals surface area contributed by atoms with Gasteiger partial charge in [-0.2, -0.15) is 9.89 Å². The zero-order chi connectivity index (χ0) is 37.2. The first-order valence-electron chi connectivity index (χ1n) is 14.2. The maximum Gasteiger partial charge on any atom is 0.282 e. The Morgan fingerprint density at radius 3 is 2.06 bits per heavy atom. The largest absolute Gasteiger partial charge is 0.756 e. The number of amides is 1. The maximum atomic E-state index is 12.3. The molecule has 0 aromatic carbocycles. The summed E-state index contributed by atoms with van der Waals surface area (Å²) in [6.07, 6.45) is -9.83. The normalized spacial score (nSPS) is 33.1. The average Bonchev–Trinajstić information content (AvgIpc) is 3.74. The Labute approximate surface area is 296 Å². The fourth-order valence-corrected chi connectivity index (χ4v) is 8.86. The van der Waals surface area contributed by atoms with E-state index in [-0.39, 0.29) is 35.1 Å². The zero-order valence-corrected chi connectivity index (χ0v) is 30.2. The highest BCUT2D eigenvalue weighted by atomic mass is 31.3. The molecule has 16 N–H and O–H groups in total. The average molecular weight is 821 g/mol. The Kier molecular flexibility index (Phi) is 12.4. The number of anilines is 1. The van der Waals surface area contributed by atoms with Gasteiger partial charge in [0.05, 0.1) is 26.6 Å². The second-order valence-electron chi connectivity index (χ2n) is 11.2.